The first-order valence-corrected chi connectivity index (χ1v) is 9.61. The van der Waals surface area contributed by atoms with Crippen molar-refractivity contribution in [2.45, 2.75) is 43.4 Å². The molecular weight excluding hydrogens is 300 g/mol. The highest BCUT2D eigenvalue weighted by atomic mass is 32.2. The van der Waals surface area contributed by atoms with Gasteiger partial charge in [-0.05, 0) is 74.9 Å². The van der Waals surface area contributed by atoms with Crippen molar-refractivity contribution in [3.8, 4) is 0 Å². The minimum atomic E-state index is -3.58. The van der Waals surface area contributed by atoms with Crippen molar-refractivity contribution in [2.24, 2.45) is 0 Å². The number of hydrogen-bond acceptors (Lipinski definition) is 4. The van der Waals surface area contributed by atoms with E-state index < -0.39 is 10.0 Å². The largest absolute Gasteiger partial charge is 0.301 e. The summed E-state index contributed by atoms with van der Waals surface area (Å²) in [6.07, 6.45) is 6.79. The smallest absolute Gasteiger partial charge is 0.262 e. The first-order chi connectivity index (χ1) is 10.6. The van der Waals surface area contributed by atoms with Gasteiger partial charge in [-0.25, -0.2) is 8.42 Å². The highest BCUT2D eigenvalue weighted by Gasteiger charge is 2.18. The zero-order chi connectivity index (χ0) is 15.4. The average Bonchev–Trinajstić information content (AvgIpc) is 3.04. The fourth-order valence-electron chi connectivity index (χ4n) is 3.23. The van der Waals surface area contributed by atoms with Gasteiger partial charge in [0.15, 0.2) is 0 Å². The molecule has 0 aromatic heterocycles. The van der Waals surface area contributed by atoms with Crippen molar-refractivity contribution in [3.05, 3.63) is 29.3 Å². The molecule has 122 valence electrons. The van der Waals surface area contributed by atoms with Crippen LogP contribution in [0.3, 0.4) is 0 Å². The highest BCUT2D eigenvalue weighted by Crippen LogP contribution is 2.24. The molecule has 2 aliphatic rings. The van der Waals surface area contributed by atoms with Crippen molar-refractivity contribution < 1.29 is 13.3 Å². The minimum absolute atomic E-state index is 0.300. The van der Waals surface area contributed by atoms with Gasteiger partial charge in [0, 0.05) is 6.54 Å². The summed E-state index contributed by atoms with van der Waals surface area (Å²) in [6.45, 7) is 3.32. The molecule has 0 unspecified atom stereocenters. The number of benzene rings is 1. The normalized spacial score (nSPS) is 19.3. The van der Waals surface area contributed by atoms with E-state index in [0.29, 0.717) is 11.5 Å². The molecule has 22 heavy (non-hydrogen) atoms. The zero-order valence-electron chi connectivity index (χ0n) is 12.9. The summed E-state index contributed by atoms with van der Waals surface area (Å²) in [7, 11) is -3.58. The fourth-order valence-corrected chi connectivity index (χ4v) is 4.10. The molecule has 1 N–H and O–H groups in total. The van der Waals surface area contributed by atoms with Crippen LogP contribution in [0.4, 0.5) is 0 Å². The summed E-state index contributed by atoms with van der Waals surface area (Å²) in [6, 6.07) is 5.41. The molecule has 1 fully saturated rings. The third kappa shape index (κ3) is 3.87. The summed E-state index contributed by atoms with van der Waals surface area (Å²) < 4.78 is 24.5. The Hall–Kier alpha value is -0.950. The van der Waals surface area contributed by atoms with Crippen LogP contribution in [0, 0.1) is 0 Å². The van der Waals surface area contributed by atoms with Gasteiger partial charge >= 0.3 is 0 Å². The Morgan fingerprint density at radius 3 is 2.55 bits per heavy atom. The second kappa shape index (κ2) is 7.08. The third-order valence-corrected chi connectivity index (χ3v) is 5.72. The molecule has 0 saturated carbocycles. The van der Waals surface area contributed by atoms with Crippen LogP contribution in [0.5, 0.6) is 0 Å². The van der Waals surface area contributed by atoms with E-state index in [9.17, 15) is 8.42 Å². The second-order valence-electron chi connectivity index (χ2n) is 6.12. The van der Waals surface area contributed by atoms with Gasteiger partial charge in [-0.2, -0.15) is 0 Å². The Bertz CT molecular complexity index is 610. The van der Waals surface area contributed by atoms with E-state index in [1.807, 2.05) is 6.07 Å². The Kier molecular flexibility index (Phi) is 5.13. The number of nitrogens with one attached hydrogen (secondary N) is 1. The molecule has 0 spiro atoms. The van der Waals surface area contributed by atoms with Gasteiger partial charge in [0.25, 0.3) is 10.0 Å². The Balaban J connectivity index is 1.55. The summed E-state index contributed by atoms with van der Waals surface area (Å²) in [5.41, 5.74) is 2.44. The van der Waals surface area contributed by atoms with Crippen LogP contribution in [-0.4, -0.2) is 39.6 Å². The number of fused-ring (bicyclic) bond motifs is 1. The molecule has 0 atom stereocenters. The number of aryl methyl sites for hydroxylation is 2. The highest BCUT2D eigenvalue weighted by molar-refractivity contribution is 7.89. The van der Waals surface area contributed by atoms with Crippen molar-refractivity contribution in [2.75, 3.05) is 26.2 Å². The first kappa shape index (κ1) is 15.9. The lowest BCUT2D eigenvalue weighted by Gasteiger charge is -2.17. The fraction of sp³-hybridized carbons (Fsp3) is 0.625. The molecule has 0 bridgehead atoms. The lowest BCUT2D eigenvalue weighted by Crippen LogP contribution is -2.30. The second-order valence-corrected chi connectivity index (χ2v) is 7.77. The molecule has 0 amide bonds. The SMILES string of the molecule is O=S(=O)(NOCCN1CCCC1)c1ccc2c(c1)CCCC2. The summed E-state index contributed by atoms with van der Waals surface area (Å²) in [4.78, 5) is 10.0. The van der Waals surface area contributed by atoms with Crippen molar-refractivity contribution in [1.29, 1.82) is 0 Å². The van der Waals surface area contributed by atoms with Crippen LogP contribution in [0.1, 0.15) is 36.8 Å². The number of hydrogen-bond donors (Lipinski definition) is 1. The molecule has 1 aromatic rings. The molecule has 1 aliphatic carbocycles. The molecule has 1 heterocycles. The van der Waals surface area contributed by atoms with Gasteiger partial charge in [-0.3, -0.25) is 4.84 Å². The maximum Gasteiger partial charge on any atom is 0.262 e. The van der Waals surface area contributed by atoms with E-state index in [-0.39, 0.29) is 0 Å². The van der Waals surface area contributed by atoms with Crippen molar-refractivity contribution >= 4 is 10.0 Å². The maximum absolute atomic E-state index is 12.3. The van der Waals surface area contributed by atoms with Crippen molar-refractivity contribution in [1.82, 2.24) is 9.79 Å². The number of nitrogens with zero attached hydrogens (tertiary/aromatic N) is 1. The summed E-state index contributed by atoms with van der Waals surface area (Å²) in [5.74, 6) is 0. The monoisotopic (exact) mass is 324 g/mol. The number of rotatable bonds is 6. The molecule has 3 rings (SSSR count). The van der Waals surface area contributed by atoms with E-state index in [2.05, 4.69) is 9.79 Å². The van der Waals surface area contributed by atoms with Gasteiger partial charge < -0.3 is 4.90 Å². The molecular formula is C16H24N2O3S. The Morgan fingerprint density at radius 1 is 1.05 bits per heavy atom. The van der Waals surface area contributed by atoms with Gasteiger partial charge in [0.2, 0.25) is 0 Å². The van der Waals surface area contributed by atoms with Crippen LogP contribution >= 0.6 is 0 Å². The Morgan fingerprint density at radius 2 is 1.77 bits per heavy atom. The van der Waals surface area contributed by atoms with Crippen LogP contribution in [0.2, 0.25) is 0 Å². The van der Waals surface area contributed by atoms with E-state index in [4.69, 9.17) is 4.84 Å². The standard InChI is InChI=1S/C16H24N2O3S/c19-22(20,17-21-12-11-18-9-3-4-10-18)16-8-7-14-5-1-2-6-15(14)13-16/h7-8,13,17H,1-6,9-12H2. The van der Waals surface area contributed by atoms with Gasteiger partial charge in [0.1, 0.15) is 0 Å². The first-order valence-electron chi connectivity index (χ1n) is 8.13. The zero-order valence-corrected chi connectivity index (χ0v) is 13.7. The molecule has 1 aromatic carbocycles. The summed E-state index contributed by atoms with van der Waals surface area (Å²) >= 11 is 0. The lowest BCUT2D eigenvalue weighted by molar-refractivity contribution is 0.0756. The van der Waals surface area contributed by atoms with Gasteiger partial charge in [-0.15, -0.1) is 0 Å². The predicted octanol–water partition coefficient (Wildman–Crippen LogP) is 1.87. The van der Waals surface area contributed by atoms with Crippen molar-refractivity contribution in [3.63, 3.8) is 0 Å². The number of likely N-dealkylation sites (tertiary alicyclic amines) is 1. The molecule has 1 aliphatic heterocycles. The topological polar surface area (TPSA) is 58.6 Å². The van der Waals surface area contributed by atoms with Crippen LogP contribution in [0.25, 0.3) is 0 Å². The Labute approximate surface area is 132 Å². The van der Waals surface area contributed by atoms with Crippen LogP contribution in [0.15, 0.2) is 23.1 Å². The maximum atomic E-state index is 12.3. The minimum Gasteiger partial charge on any atom is -0.301 e. The van der Waals surface area contributed by atoms with Gasteiger partial charge in [0.05, 0.1) is 11.5 Å². The van der Waals surface area contributed by atoms with Crippen LogP contribution < -0.4 is 4.89 Å². The van der Waals surface area contributed by atoms with E-state index in [1.165, 1.54) is 24.8 Å². The van der Waals surface area contributed by atoms with E-state index in [1.54, 1.807) is 12.1 Å². The summed E-state index contributed by atoms with van der Waals surface area (Å²) in [5, 5.41) is 0. The lowest BCUT2D eigenvalue weighted by atomic mass is 9.92. The molecule has 6 heteroatoms. The van der Waals surface area contributed by atoms with E-state index >= 15 is 0 Å². The molecule has 5 nitrogen and oxygen atoms in total. The average molecular weight is 324 g/mol. The number of sulfonamides is 1. The third-order valence-electron chi connectivity index (χ3n) is 4.51. The van der Waals surface area contributed by atoms with Gasteiger partial charge in [-0.1, -0.05) is 11.0 Å². The van der Waals surface area contributed by atoms with E-state index in [0.717, 1.165) is 44.5 Å². The predicted molar refractivity (Wildman–Crippen MR) is 85.0 cm³/mol. The quantitative estimate of drug-likeness (QED) is 0.641. The molecule has 1 saturated heterocycles. The van der Waals surface area contributed by atoms with Crippen LogP contribution in [-0.2, 0) is 27.7 Å². The molecule has 0 radical (unpaired) electrons.